The molecule has 0 saturated carbocycles. The fourth-order valence-electron chi connectivity index (χ4n) is 2.28. The van der Waals surface area contributed by atoms with Crippen molar-refractivity contribution in [2.24, 2.45) is 0 Å². The summed E-state index contributed by atoms with van der Waals surface area (Å²) in [7, 11) is 0. The van der Waals surface area contributed by atoms with Crippen molar-refractivity contribution in [2.75, 3.05) is 0 Å². The lowest BCUT2D eigenvalue weighted by Gasteiger charge is -1.94. The van der Waals surface area contributed by atoms with Crippen LogP contribution >= 0.6 is 0 Å². The molecule has 0 bridgehead atoms. The molecule has 0 unspecified atom stereocenters. The van der Waals surface area contributed by atoms with Crippen LogP contribution in [-0.4, -0.2) is 0 Å². The van der Waals surface area contributed by atoms with E-state index in [9.17, 15) is 0 Å². The highest BCUT2D eigenvalue weighted by Crippen LogP contribution is 2.05. The fourth-order valence-corrected chi connectivity index (χ4v) is 2.28. The Labute approximate surface area is 159 Å². The van der Waals surface area contributed by atoms with Crippen molar-refractivity contribution < 1.29 is 0 Å². The molecule has 2 aromatic rings. The first-order valence-electron chi connectivity index (χ1n) is 9.51. The highest BCUT2D eigenvalue weighted by Gasteiger charge is 1.91. The first-order valence-corrected chi connectivity index (χ1v) is 9.51. The van der Waals surface area contributed by atoms with E-state index in [1.807, 2.05) is 48.5 Å². The van der Waals surface area contributed by atoms with Crippen LogP contribution in [0.1, 0.15) is 74.6 Å². The van der Waals surface area contributed by atoms with Crippen LogP contribution in [-0.2, 0) is 0 Å². The van der Waals surface area contributed by atoms with Gasteiger partial charge in [0.15, 0.2) is 0 Å². The zero-order valence-electron chi connectivity index (χ0n) is 15.9. The zero-order chi connectivity index (χ0) is 18.5. The first kappa shape index (κ1) is 19.4. The van der Waals surface area contributed by atoms with Crippen molar-refractivity contribution in [2.45, 2.75) is 52.4 Å². The van der Waals surface area contributed by atoms with Crippen LogP contribution in [0.3, 0.4) is 0 Å². The third-order valence-electron chi connectivity index (χ3n) is 3.90. The molecule has 0 aliphatic heterocycles. The standard InChI is InChI=1S/C26H26/c1-3-5-7-9-11-23-13-17-25(18-14-23)21-22-26-19-15-24(16-20-26)12-10-8-6-4-2/h13-20H,3-8H2,1-2H3. The summed E-state index contributed by atoms with van der Waals surface area (Å²) in [4.78, 5) is 0. The fraction of sp³-hybridized carbons (Fsp3) is 0.308. The van der Waals surface area contributed by atoms with E-state index in [2.05, 4.69) is 49.4 Å². The van der Waals surface area contributed by atoms with E-state index in [-0.39, 0.29) is 0 Å². The molecule has 0 nitrogen and oxygen atoms in total. The summed E-state index contributed by atoms with van der Waals surface area (Å²) in [6, 6.07) is 16.3. The van der Waals surface area contributed by atoms with Crippen LogP contribution in [0.15, 0.2) is 48.5 Å². The van der Waals surface area contributed by atoms with Crippen LogP contribution in [0.4, 0.5) is 0 Å². The molecular weight excluding hydrogens is 312 g/mol. The van der Waals surface area contributed by atoms with Gasteiger partial charge in [-0.25, -0.2) is 0 Å². The summed E-state index contributed by atoms with van der Waals surface area (Å²) in [5, 5.41) is 0. The molecule has 2 rings (SSSR count). The summed E-state index contributed by atoms with van der Waals surface area (Å²) in [6.45, 7) is 4.37. The molecule has 0 N–H and O–H groups in total. The maximum Gasteiger partial charge on any atom is 0.0249 e. The van der Waals surface area contributed by atoms with Crippen molar-refractivity contribution in [1.29, 1.82) is 0 Å². The zero-order valence-corrected chi connectivity index (χ0v) is 15.9. The second kappa shape index (κ2) is 11.6. The SMILES string of the molecule is CCCCC#Cc1ccc(C#Cc2ccc(C#CCCCC)cc2)cc1. The van der Waals surface area contributed by atoms with Crippen molar-refractivity contribution in [1.82, 2.24) is 0 Å². The summed E-state index contributed by atoms with van der Waals surface area (Å²) in [5.74, 6) is 19.2. The van der Waals surface area contributed by atoms with Crippen LogP contribution in [0.25, 0.3) is 0 Å². The summed E-state index contributed by atoms with van der Waals surface area (Å²) in [5.41, 5.74) is 4.12. The Kier molecular flexibility index (Phi) is 8.70. The van der Waals surface area contributed by atoms with Gasteiger partial charge in [0, 0.05) is 35.1 Å². The molecule has 0 aliphatic rings. The molecule has 0 amide bonds. The third kappa shape index (κ3) is 7.34. The van der Waals surface area contributed by atoms with E-state index >= 15 is 0 Å². The van der Waals surface area contributed by atoms with E-state index in [0.717, 1.165) is 35.1 Å². The monoisotopic (exact) mass is 338 g/mol. The Balaban J connectivity index is 1.95. The molecule has 130 valence electrons. The molecule has 26 heavy (non-hydrogen) atoms. The minimum absolute atomic E-state index is 0.969. The molecule has 2 aromatic carbocycles. The molecule has 0 radical (unpaired) electrons. The van der Waals surface area contributed by atoms with Crippen molar-refractivity contribution in [3.05, 3.63) is 70.8 Å². The molecule has 0 fully saturated rings. The third-order valence-corrected chi connectivity index (χ3v) is 3.90. The highest BCUT2D eigenvalue weighted by molar-refractivity contribution is 5.47. The Hall–Kier alpha value is -2.88. The summed E-state index contributed by atoms with van der Waals surface area (Å²) < 4.78 is 0. The van der Waals surface area contributed by atoms with Gasteiger partial charge in [-0.2, -0.15) is 0 Å². The van der Waals surface area contributed by atoms with E-state index in [1.54, 1.807) is 0 Å². The number of unbranched alkanes of at least 4 members (excludes halogenated alkanes) is 4. The maximum atomic E-state index is 3.21. The summed E-state index contributed by atoms with van der Waals surface area (Å²) in [6.07, 6.45) is 6.65. The lowest BCUT2D eigenvalue weighted by atomic mass is 10.1. The van der Waals surface area contributed by atoms with Gasteiger partial charge in [-0.05, 0) is 61.4 Å². The average Bonchev–Trinajstić information content (AvgIpc) is 2.69. The molecule has 0 aromatic heterocycles. The lowest BCUT2D eigenvalue weighted by molar-refractivity contribution is 0.828. The minimum Gasteiger partial charge on any atom is -0.0979 e. The quantitative estimate of drug-likeness (QED) is 0.462. The molecule has 0 heterocycles. The topological polar surface area (TPSA) is 0 Å². The molecule has 0 aliphatic carbocycles. The van der Waals surface area contributed by atoms with Crippen LogP contribution in [0.2, 0.25) is 0 Å². The van der Waals surface area contributed by atoms with Crippen molar-refractivity contribution in [3.63, 3.8) is 0 Å². The molecule has 0 heteroatoms. The summed E-state index contributed by atoms with van der Waals surface area (Å²) >= 11 is 0. The first-order chi connectivity index (χ1) is 12.8. The van der Waals surface area contributed by atoms with Crippen molar-refractivity contribution in [3.8, 4) is 35.5 Å². The van der Waals surface area contributed by atoms with Gasteiger partial charge in [-0.3, -0.25) is 0 Å². The largest absolute Gasteiger partial charge is 0.0979 e. The predicted octanol–water partition coefficient (Wildman–Crippen LogP) is 6.17. The smallest absolute Gasteiger partial charge is 0.0249 e. The molecule has 0 spiro atoms. The van der Waals surface area contributed by atoms with E-state index in [1.165, 1.54) is 25.7 Å². The average molecular weight is 338 g/mol. The normalized spacial score (nSPS) is 9.15. The van der Waals surface area contributed by atoms with Crippen molar-refractivity contribution >= 4 is 0 Å². The number of hydrogen-bond acceptors (Lipinski definition) is 0. The number of benzene rings is 2. The Morgan fingerprint density at radius 3 is 1.12 bits per heavy atom. The van der Waals surface area contributed by atoms with E-state index < -0.39 is 0 Å². The number of rotatable bonds is 4. The minimum atomic E-state index is 0.969. The maximum absolute atomic E-state index is 3.21. The van der Waals surface area contributed by atoms with Gasteiger partial charge in [0.2, 0.25) is 0 Å². The van der Waals surface area contributed by atoms with E-state index in [4.69, 9.17) is 0 Å². The van der Waals surface area contributed by atoms with Gasteiger partial charge in [-0.1, -0.05) is 62.2 Å². The Bertz CT molecular complexity index is 774. The Morgan fingerprint density at radius 1 is 0.500 bits per heavy atom. The highest BCUT2D eigenvalue weighted by atomic mass is 13.9. The molecule has 0 saturated heterocycles. The second-order valence-electron chi connectivity index (χ2n) is 6.22. The second-order valence-corrected chi connectivity index (χ2v) is 6.22. The van der Waals surface area contributed by atoms with Gasteiger partial charge in [0.1, 0.15) is 0 Å². The van der Waals surface area contributed by atoms with Crippen LogP contribution < -0.4 is 0 Å². The Morgan fingerprint density at radius 2 is 0.808 bits per heavy atom. The predicted molar refractivity (Wildman–Crippen MR) is 112 cm³/mol. The van der Waals surface area contributed by atoms with Crippen LogP contribution in [0, 0.1) is 35.5 Å². The van der Waals surface area contributed by atoms with E-state index in [0.29, 0.717) is 0 Å². The van der Waals surface area contributed by atoms with Gasteiger partial charge < -0.3 is 0 Å². The molecular formula is C26H26. The van der Waals surface area contributed by atoms with Gasteiger partial charge in [0.25, 0.3) is 0 Å². The van der Waals surface area contributed by atoms with Gasteiger partial charge in [-0.15, -0.1) is 0 Å². The van der Waals surface area contributed by atoms with Gasteiger partial charge >= 0.3 is 0 Å². The van der Waals surface area contributed by atoms with Crippen LogP contribution in [0.5, 0.6) is 0 Å². The number of hydrogen-bond donors (Lipinski definition) is 0. The molecule has 0 atom stereocenters. The van der Waals surface area contributed by atoms with Gasteiger partial charge in [0.05, 0.1) is 0 Å². The lowest BCUT2D eigenvalue weighted by Crippen LogP contribution is -1.80.